The summed E-state index contributed by atoms with van der Waals surface area (Å²) in [4.78, 5) is 15.9. The number of Topliss-reactive ketones (excluding diaryl/α,β-unsaturated/α-hetero) is 1. The molecule has 0 saturated carbocycles. The number of ketones is 1. The first-order chi connectivity index (χ1) is 9.10. The van der Waals surface area contributed by atoms with Gasteiger partial charge in [0.1, 0.15) is 0 Å². The first-order valence-electron chi connectivity index (χ1n) is 5.91. The molecule has 0 amide bonds. The predicted octanol–water partition coefficient (Wildman–Crippen LogP) is 3.25. The predicted molar refractivity (Wildman–Crippen MR) is 77.8 cm³/mol. The van der Waals surface area contributed by atoms with Crippen LogP contribution in [0.15, 0.2) is 36.4 Å². The Bertz CT molecular complexity index is 622. The summed E-state index contributed by atoms with van der Waals surface area (Å²) >= 11 is 1.52. The molecule has 0 saturated heterocycles. The van der Waals surface area contributed by atoms with Gasteiger partial charge in [0.05, 0.1) is 23.1 Å². The van der Waals surface area contributed by atoms with Crippen LogP contribution in [-0.4, -0.2) is 19.4 Å². The van der Waals surface area contributed by atoms with E-state index in [9.17, 15) is 4.79 Å². The van der Waals surface area contributed by atoms with E-state index in [1.54, 1.807) is 12.1 Å². The molecule has 2 rings (SSSR count). The summed E-state index contributed by atoms with van der Waals surface area (Å²) in [5.41, 5.74) is 1.55. The van der Waals surface area contributed by atoms with E-state index in [1.807, 2.05) is 43.1 Å². The van der Waals surface area contributed by atoms with Gasteiger partial charge in [0.25, 0.3) is 0 Å². The Morgan fingerprint density at radius 2 is 1.95 bits per heavy atom. The number of hydrogen-bond acceptors (Lipinski definition) is 4. The number of hydrogen-bond donors (Lipinski definition) is 0. The number of nitriles is 1. The third kappa shape index (κ3) is 3.21. The highest BCUT2D eigenvalue weighted by atomic mass is 32.1. The van der Waals surface area contributed by atoms with E-state index in [1.165, 1.54) is 11.3 Å². The second-order valence-electron chi connectivity index (χ2n) is 4.35. The molecule has 0 fully saturated rings. The molecule has 1 heterocycles. The van der Waals surface area contributed by atoms with Gasteiger partial charge in [-0.05, 0) is 43.3 Å². The minimum atomic E-state index is 0.116. The van der Waals surface area contributed by atoms with Gasteiger partial charge in [-0.2, -0.15) is 5.26 Å². The lowest BCUT2D eigenvalue weighted by molar-refractivity contribution is 0.100. The number of benzene rings is 1. The topological polar surface area (TPSA) is 44.1 Å². The number of likely N-dealkylation sites (N-methyl/N-ethyl adjacent to an activating group) is 1. The summed E-state index contributed by atoms with van der Waals surface area (Å²) in [6.45, 7) is 2.33. The molecule has 96 valence electrons. The Labute approximate surface area is 116 Å². The fourth-order valence-electron chi connectivity index (χ4n) is 1.76. The summed E-state index contributed by atoms with van der Waals surface area (Å²) in [5.74, 6) is 0.116. The van der Waals surface area contributed by atoms with Gasteiger partial charge in [-0.15, -0.1) is 11.3 Å². The highest BCUT2D eigenvalue weighted by molar-refractivity contribution is 7.14. The lowest BCUT2D eigenvalue weighted by atomic mass is 10.2. The standard InChI is InChI=1S/C15H14N2OS/c1-11-3-8-15(19-11)14(18)10-17(2)13-6-4-12(9-16)5-7-13/h3-8H,10H2,1-2H3. The summed E-state index contributed by atoms with van der Waals surface area (Å²) in [6, 6.07) is 13.1. The molecule has 0 bridgehead atoms. The van der Waals surface area contributed by atoms with Crippen LogP contribution in [0.1, 0.15) is 20.1 Å². The van der Waals surface area contributed by atoms with Crippen molar-refractivity contribution in [1.29, 1.82) is 5.26 Å². The minimum absolute atomic E-state index is 0.116. The largest absolute Gasteiger partial charge is 0.367 e. The number of aryl methyl sites for hydroxylation is 1. The van der Waals surface area contributed by atoms with E-state index in [-0.39, 0.29) is 5.78 Å². The molecular formula is C15H14N2OS. The molecule has 19 heavy (non-hydrogen) atoms. The van der Waals surface area contributed by atoms with Crippen LogP contribution in [0.25, 0.3) is 0 Å². The van der Waals surface area contributed by atoms with Crippen molar-refractivity contribution in [2.75, 3.05) is 18.5 Å². The molecule has 0 spiro atoms. The zero-order chi connectivity index (χ0) is 13.8. The van der Waals surface area contributed by atoms with Crippen LogP contribution in [-0.2, 0) is 0 Å². The van der Waals surface area contributed by atoms with E-state index in [2.05, 4.69) is 6.07 Å². The average Bonchev–Trinajstić information content (AvgIpc) is 2.85. The van der Waals surface area contributed by atoms with Crippen molar-refractivity contribution in [3.63, 3.8) is 0 Å². The van der Waals surface area contributed by atoms with E-state index in [0.717, 1.165) is 15.4 Å². The Morgan fingerprint density at radius 3 is 2.47 bits per heavy atom. The van der Waals surface area contributed by atoms with Gasteiger partial charge in [-0.25, -0.2) is 0 Å². The first-order valence-corrected chi connectivity index (χ1v) is 6.73. The highest BCUT2D eigenvalue weighted by Crippen LogP contribution is 2.18. The lowest BCUT2D eigenvalue weighted by Gasteiger charge is -2.17. The van der Waals surface area contributed by atoms with Crippen molar-refractivity contribution >= 4 is 22.8 Å². The normalized spacial score (nSPS) is 9.95. The van der Waals surface area contributed by atoms with Crippen LogP contribution in [0.2, 0.25) is 0 Å². The van der Waals surface area contributed by atoms with Crippen molar-refractivity contribution in [2.45, 2.75) is 6.92 Å². The SMILES string of the molecule is Cc1ccc(C(=O)CN(C)c2ccc(C#N)cc2)s1. The number of carbonyl (C=O) groups is 1. The van der Waals surface area contributed by atoms with Gasteiger partial charge < -0.3 is 4.90 Å². The summed E-state index contributed by atoms with van der Waals surface area (Å²) in [5, 5.41) is 8.75. The Morgan fingerprint density at radius 1 is 1.26 bits per heavy atom. The average molecular weight is 270 g/mol. The summed E-state index contributed by atoms with van der Waals surface area (Å²) < 4.78 is 0. The molecule has 0 aliphatic rings. The third-order valence-electron chi connectivity index (χ3n) is 2.83. The molecule has 4 heteroatoms. The van der Waals surface area contributed by atoms with Crippen molar-refractivity contribution in [1.82, 2.24) is 0 Å². The molecule has 3 nitrogen and oxygen atoms in total. The molecule has 0 N–H and O–H groups in total. The van der Waals surface area contributed by atoms with Gasteiger partial charge in [0, 0.05) is 17.6 Å². The zero-order valence-corrected chi connectivity index (χ0v) is 11.7. The van der Waals surface area contributed by atoms with Gasteiger partial charge in [-0.3, -0.25) is 4.79 Å². The Balaban J connectivity index is 2.06. The molecule has 1 aromatic carbocycles. The molecule has 2 aromatic rings. The Kier molecular flexibility index (Phi) is 3.98. The maximum absolute atomic E-state index is 12.1. The minimum Gasteiger partial charge on any atom is -0.367 e. The van der Waals surface area contributed by atoms with Crippen molar-refractivity contribution in [2.24, 2.45) is 0 Å². The molecular weight excluding hydrogens is 256 g/mol. The van der Waals surface area contributed by atoms with Crippen molar-refractivity contribution < 1.29 is 4.79 Å². The third-order valence-corrected chi connectivity index (χ3v) is 3.87. The van der Waals surface area contributed by atoms with E-state index < -0.39 is 0 Å². The number of anilines is 1. The van der Waals surface area contributed by atoms with Crippen LogP contribution >= 0.6 is 11.3 Å². The fraction of sp³-hybridized carbons (Fsp3) is 0.200. The van der Waals surface area contributed by atoms with Gasteiger partial charge >= 0.3 is 0 Å². The van der Waals surface area contributed by atoms with Gasteiger partial charge in [-0.1, -0.05) is 0 Å². The quantitative estimate of drug-likeness (QED) is 0.801. The number of carbonyl (C=O) groups excluding carboxylic acids is 1. The molecule has 0 aliphatic heterocycles. The molecule has 0 atom stereocenters. The molecule has 0 unspecified atom stereocenters. The number of rotatable bonds is 4. The van der Waals surface area contributed by atoms with E-state index in [0.29, 0.717) is 12.1 Å². The monoisotopic (exact) mass is 270 g/mol. The van der Waals surface area contributed by atoms with Crippen LogP contribution < -0.4 is 4.90 Å². The molecule has 0 radical (unpaired) electrons. The number of nitrogens with zero attached hydrogens (tertiary/aromatic N) is 2. The molecule has 0 aliphatic carbocycles. The maximum Gasteiger partial charge on any atom is 0.191 e. The maximum atomic E-state index is 12.1. The second-order valence-corrected chi connectivity index (χ2v) is 5.64. The fourth-order valence-corrected chi connectivity index (χ4v) is 2.56. The lowest BCUT2D eigenvalue weighted by Crippen LogP contribution is -2.25. The zero-order valence-electron chi connectivity index (χ0n) is 10.9. The highest BCUT2D eigenvalue weighted by Gasteiger charge is 2.11. The van der Waals surface area contributed by atoms with E-state index in [4.69, 9.17) is 5.26 Å². The summed E-state index contributed by atoms with van der Waals surface area (Å²) in [6.07, 6.45) is 0. The smallest absolute Gasteiger partial charge is 0.191 e. The first kappa shape index (κ1) is 13.3. The van der Waals surface area contributed by atoms with Crippen LogP contribution in [0.3, 0.4) is 0 Å². The van der Waals surface area contributed by atoms with Gasteiger partial charge in [0.2, 0.25) is 0 Å². The van der Waals surface area contributed by atoms with Crippen molar-refractivity contribution in [3.05, 3.63) is 51.7 Å². The van der Waals surface area contributed by atoms with Crippen LogP contribution in [0, 0.1) is 18.3 Å². The van der Waals surface area contributed by atoms with Crippen LogP contribution in [0.5, 0.6) is 0 Å². The second kappa shape index (κ2) is 5.68. The van der Waals surface area contributed by atoms with E-state index >= 15 is 0 Å². The molecule has 1 aromatic heterocycles. The van der Waals surface area contributed by atoms with Crippen molar-refractivity contribution in [3.8, 4) is 6.07 Å². The van der Waals surface area contributed by atoms with Crippen LogP contribution in [0.4, 0.5) is 5.69 Å². The number of thiophene rings is 1. The van der Waals surface area contributed by atoms with Gasteiger partial charge in [0.15, 0.2) is 5.78 Å². The Hall–Kier alpha value is -2.12. The summed E-state index contributed by atoms with van der Waals surface area (Å²) in [7, 11) is 1.87.